The van der Waals surface area contributed by atoms with Gasteiger partial charge in [-0.2, -0.15) is 0 Å². The Morgan fingerprint density at radius 3 is 2.35 bits per heavy atom. The largest absolute Gasteiger partial charge is 0.496 e. The molecule has 2 nitrogen and oxygen atoms in total. The van der Waals surface area contributed by atoms with E-state index >= 15 is 0 Å². The highest BCUT2D eigenvalue weighted by Crippen LogP contribution is 2.26. The predicted octanol–water partition coefficient (Wildman–Crippen LogP) is 5.78. The lowest BCUT2D eigenvalue weighted by Crippen LogP contribution is -1.99. The minimum Gasteiger partial charge on any atom is -0.496 e. The summed E-state index contributed by atoms with van der Waals surface area (Å²) in [4.78, 5) is 12.1. The minimum absolute atomic E-state index is 0.224. The Hall–Kier alpha value is -0.830. The smallest absolute Gasteiger partial charge is 0.162 e. The van der Waals surface area contributed by atoms with Crippen molar-refractivity contribution < 1.29 is 9.53 Å². The summed E-state index contributed by atoms with van der Waals surface area (Å²) < 4.78 is 6.01. The molecular formula is C17H25BrO2. The lowest BCUT2D eigenvalue weighted by atomic mass is 10.0. The van der Waals surface area contributed by atoms with E-state index in [0.29, 0.717) is 6.42 Å². The molecule has 0 aliphatic carbocycles. The fraction of sp³-hybridized carbons (Fsp3) is 0.588. The van der Waals surface area contributed by atoms with Crippen molar-refractivity contribution in [1.82, 2.24) is 0 Å². The second-order valence-electron chi connectivity index (χ2n) is 5.14. The molecule has 1 rings (SSSR count). The monoisotopic (exact) mass is 340 g/mol. The van der Waals surface area contributed by atoms with Gasteiger partial charge in [0, 0.05) is 12.0 Å². The van der Waals surface area contributed by atoms with Gasteiger partial charge < -0.3 is 4.74 Å². The van der Waals surface area contributed by atoms with Gasteiger partial charge in [-0.3, -0.25) is 4.79 Å². The van der Waals surface area contributed by atoms with Crippen molar-refractivity contribution in [2.75, 3.05) is 7.11 Å². The van der Waals surface area contributed by atoms with Crippen LogP contribution in [-0.2, 0) is 0 Å². The number of benzene rings is 1. The number of unbranched alkanes of at least 4 members (excludes halogenated alkanes) is 6. The van der Waals surface area contributed by atoms with E-state index in [0.717, 1.165) is 28.6 Å². The molecule has 0 bridgehead atoms. The number of carbonyl (C=O) groups excluding carboxylic acids is 1. The first kappa shape index (κ1) is 17.2. The highest BCUT2D eigenvalue weighted by molar-refractivity contribution is 9.10. The van der Waals surface area contributed by atoms with E-state index in [1.807, 2.05) is 18.2 Å². The molecule has 0 N–H and O–H groups in total. The molecule has 0 spiro atoms. The summed E-state index contributed by atoms with van der Waals surface area (Å²) in [5, 5.41) is 0. The van der Waals surface area contributed by atoms with Crippen LogP contribution >= 0.6 is 15.9 Å². The molecule has 112 valence electrons. The molecule has 1 aromatic rings. The molecule has 0 saturated heterocycles. The Morgan fingerprint density at radius 1 is 1.10 bits per heavy atom. The maximum Gasteiger partial charge on any atom is 0.162 e. The first-order valence-corrected chi connectivity index (χ1v) is 8.35. The van der Waals surface area contributed by atoms with Crippen LogP contribution in [0.3, 0.4) is 0 Å². The van der Waals surface area contributed by atoms with Crippen molar-refractivity contribution in [1.29, 1.82) is 0 Å². The van der Waals surface area contributed by atoms with Crippen LogP contribution < -0.4 is 4.74 Å². The average molecular weight is 341 g/mol. The molecule has 0 fully saturated rings. The first-order valence-electron chi connectivity index (χ1n) is 7.55. The molecule has 3 heteroatoms. The van der Waals surface area contributed by atoms with Crippen LogP contribution in [0.5, 0.6) is 5.75 Å². The summed E-state index contributed by atoms with van der Waals surface area (Å²) in [6.07, 6.45) is 9.29. The molecule has 0 aliphatic heterocycles. The fourth-order valence-corrected chi connectivity index (χ4v) is 2.77. The molecule has 20 heavy (non-hydrogen) atoms. The van der Waals surface area contributed by atoms with Gasteiger partial charge >= 0.3 is 0 Å². The number of hydrogen-bond acceptors (Lipinski definition) is 2. The highest BCUT2D eigenvalue weighted by Gasteiger charge is 2.08. The molecule has 0 amide bonds. The van der Waals surface area contributed by atoms with Crippen LogP contribution in [0, 0.1) is 0 Å². The Labute approximate surface area is 131 Å². The normalized spacial score (nSPS) is 10.6. The van der Waals surface area contributed by atoms with Gasteiger partial charge in [-0.15, -0.1) is 0 Å². The van der Waals surface area contributed by atoms with Gasteiger partial charge in [0.05, 0.1) is 11.6 Å². The number of methoxy groups -OCH3 is 1. The summed E-state index contributed by atoms with van der Waals surface area (Å²) in [5.74, 6) is 0.986. The number of carbonyl (C=O) groups is 1. The van der Waals surface area contributed by atoms with E-state index in [-0.39, 0.29) is 5.78 Å². The SMILES string of the molecule is CCCCCCCCCC(=O)c1ccc(OC)c(Br)c1. The van der Waals surface area contributed by atoms with Crippen LogP contribution in [0.4, 0.5) is 0 Å². The van der Waals surface area contributed by atoms with Crippen molar-refractivity contribution in [3.05, 3.63) is 28.2 Å². The Kier molecular flexibility index (Phi) is 8.59. The van der Waals surface area contributed by atoms with Crippen molar-refractivity contribution in [2.24, 2.45) is 0 Å². The molecule has 0 heterocycles. The van der Waals surface area contributed by atoms with Crippen molar-refractivity contribution >= 4 is 21.7 Å². The van der Waals surface area contributed by atoms with E-state index in [9.17, 15) is 4.79 Å². The van der Waals surface area contributed by atoms with Gasteiger partial charge in [0.25, 0.3) is 0 Å². The van der Waals surface area contributed by atoms with E-state index in [1.54, 1.807) is 7.11 Å². The van der Waals surface area contributed by atoms with Crippen LogP contribution in [0.1, 0.15) is 68.6 Å². The van der Waals surface area contributed by atoms with Crippen LogP contribution in [0.25, 0.3) is 0 Å². The Morgan fingerprint density at radius 2 is 1.75 bits per heavy atom. The maximum atomic E-state index is 12.1. The molecule has 0 saturated carbocycles. The quantitative estimate of drug-likeness (QED) is 0.398. The third kappa shape index (κ3) is 6.08. The second-order valence-corrected chi connectivity index (χ2v) is 6.00. The number of ether oxygens (including phenoxy) is 1. The molecule has 0 unspecified atom stereocenters. The molecule has 0 aliphatic rings. The number of Topliss-reactive ketones (excluding diaryl/α,β-unsaturated/α-hetero) is 1. The molecular weight excluding hydrogens is 316 g/mol. The predicted molar refractivity (Wildman–Crippen MR) is 87.6 cm³/mol. The van der Waals surface area contributed by atoms with Gasteiger partial charge in [-0.25, -0.2) is 0 Å². The Balaban J connectivity index is 2.27. The van der Waals surface area contributed by atoms with Gasteiger partial charge in [0.2, 0.25) is 0 Å². The summed E-state index contributed by atoms with van der Waals surface area (Å²) >= 11 is 3.42. The molecule has 1 aromatic carbocycles. The summed E-state index contributed by atoms with van der Waals surface area (Å²) in [5.41, 5.74) is 0.767. The average Bonchev–Trinajstić information content (AvgIpc) is 2.46. The highest BCUT2D eigenvalue weighted by atomic mass is 79.9. The summed E-state index contributed by atoms with van der Waals surface area (Å²) in [7, 11) is 1.63. The Bertz CT molecular complexity index is 415. The first-order chi connectivity index (χ1) is 9.69. The van der Waals surface area contributed by atoms with Gasteiger partial charge in [-0.1, -0.05) is 45.4 Å². The number of rotatable bonds is 10. The van der Waals surface area contributed by atoms with Crippen LogP contribution in [0.15, 0.2) is 22.7 Å². The minimum atomic E-state index is 0.224. The van der Waals surface area contributed by atoms with Gasteiger partial charge in [-0.05, 0) is 40.5 Å². The lowest BCUT2D eigenvalue weighted by Gasteiger charge is -2.06. The molecule has 0 aromatic heterocycles. The van der Waals surface area contributed by atoms with Crippen LogP contribution in [-0.4, -0.2) is 12.9 Å². The van der Waals surface area contributed by atoms with Crippen molar-refractivity contribution in [3.8, 4) is 5.75 Å². The zero-order valence-corrected chi connectivity index (χ0v) is 14.2. The summed E-state index contributed by atoms with van der Waals surface area (Å²) in [6.45, 7) is 2.23. The van der Waals surface area contributed by atoms with E-state index < -0.39 is 0 Å². The lowest BCUT2D eigenvalue weighted by molar-refractivity contribution is 0.0979. The van der Waals surface area contributed by atoms with Gasteiger partial charge in [0.15, 0.2) is 5.78 Å². The summed E-state index contributed by atoms with van der Waals surface area (Å²) in [6, 6.07) is 5.53. The molecule has 0 radical (unpaired) electrons. The zero-order chi connectivity index (χ0) is 14.8. The molecule has 0 atom stereocenters. The second kappa shape index (κ2) is 9.98. The van der Waals surface area contributed by atoms with E-state index in [4.69, 9.17) is 4.74 Å². The zero-order valence-electron chi connectivity index (χ0n) is 12.6. The maximum absolute atomic E-state index is 12.1. The fourth-order valence-electron chi connectivity index (χ4n) is 2.23. The van der Waals surface area contributed by atoms with Crippen molar-refractivity contribution in [2.45, 2.75) is 58.3 Å². The van der Waals surface area contributed by atoms with Crippen molar-refractivity contribution in [3.63, 3.8) is 0 Å². The number of ketones is 1. The van der Waals surface area contributed by atoms with E-state index in [1.165, 1.54) is 32.1 Å². The third-order valence-corrected chi connectivity index (χ3v) is 4.10. The van der Waals surface area contributed by atoms with Crippen LogP contribution in [0.2, 0.25) is 0 Å². The van der Waals surface area contributed by atoms with Gasteiger partial charge in [0.1, 0.15) is 5.75 Å². The topological polar surface area (TPSA) is 26.3 Å². The standard InChI is InChI=1S/C17H25BrO2/c1-3-4-5-6-7-8-9-10-16(19)14-11-12-17(20-2)15(18)13-14/h11-13H,3-10H2,1-2H3. The number of hydrogen-bond donors (Lipinski definition) is 0. The number of halogens is 1. The third-order valence-electron chi connectivity index (χ3n) is 3.48. The van der Waals surface area contributed by atoms with E-state index in [2.05, 4.69) is 22.9 Å².